The van der Waals surface area contributed by atoms with E-state index >= 15 is 0 Å². The van der Waals surface area contributed by atoms with Crippen LogP contribution in [0.25, 0.3) is 11.4 Å². The number of benzene rings is 2. The van der Waals surface area contributed by atoms with Gasteiger partial charge in [-0.15, -0.1) is 6.58 Å². The summed E-state index contributed by atoms with van der Waals surface area (Å²) in [7, 11) is 1.83. The van der Waals surface area contributed by atoms with Gasteiger partial charge in [0, 0.05) is 18.2 Å². The Morgan fingerprint density at radius 3 is 1.79 bits per heavy atom. The molecule has 4 N–H and O–H groups in total. The molecule has 2 aromatic rings. The maximum absolute atomic E-state index is 6.45. The fourth-order valence-corrected chi connectivity index (χ4v) is 3.15. The molecule has 0 fully saturated rings. The Morgan fingerprint density at radius 2 is 1.35 bits per heavy atom. The highest BCUT2D eigenvalue weighted by Gasteiger charge is 2.15. The summed E-state index contributed by atoms with van der Waals surface area (Å²) in [4.78, 5) is 0. The van der Waals surface area contributed by atoms with Crippen LogP contribution in [0.5, 0.6) is 0 Å². The van der Waals surface area contributed by atoms with Crippen molar-refractivity contribution in [1.82, 2.24) is 5.01 Å². The first-order valence-corrected chi connectivity index (χ1v) is 12.7. The molecule has 3 nitrogen and oxygen atoms in total. The zero-order valence-corrected chi connectivity index (χ0v) is 23.5. The van der Waals surface area contributed by atoms with Crippen molar-refractivity contribution in [2.45, 2.75) is 81.1 Å². The van der Waals surface area contributed by atoms with E-state index in [4.69, 9.17) is 11.6 Å². The quantitative estimate of drug-likeness (QED) is 0.178. The number of nitrogens with zero attached hydrogens (tertiary/aromatic N) is 1. The molecule has 0 saturated carbocycles. The van der Waals surface area contributed by atoms with Crippen LogP contribution in [0, 0.1) is 6.92 Å². The van der Waals surface area contributed by atoms with E-state index in [1.807, 2.05) is 65.1 Å². The molecule has 0 bridgehead atoms. The van der Waals surface area contributed by atoms with E-state index in [0.717, 1.165) is 48.1 Å². The Bertz CT molecular complexity index is 876. The van der Waals surface area contributed by atoms with Crippen molar-refractivity contribution in [3.8, 4) is 0 Å². The molecule has 0 atom stereocenters. The lowest BCUT2D eigenvalue weighted by Gasteiger charge is -2.23. The van der Waals surface area contributed by atoms with Gasteiger partial charge in [0.05, 0.1) is 11.4 Å². The minimum atomic E-state index is 0.707. The standard InChI is InChI=1S/C18H23N3.C9H16.2C2H6/c1-4-14-10-6-8-12-16(14)18(21(3)20)17(19)15-11-7-5-9-13(15)2;1-5-9(4)7-6-8(2)3;2*1-2/h5-12H,4,19-20H2,1-3H3;2,4-7H2,1,3H3;2*1-2H3/b18-17-;;;. The van der Waals surface area contributed by atoms with Crippen molar-refractivity contribution in [3.05, 3.63) is 95.1 Å². The van der Waals surface area contributed by atoms with Crippen LogP contribution in [0.1, 0.15) is 90.0 Å². The first kappa shape index (κ1) is 33.4. The molecule has 0 aliphatic carbocycles. The zero-order valence-electron chi connectivity index (χ0n) is 23.5. The lowest BCUT2D eigenvalue weighted by atomic mass is 9.97. The molecular formula is C31H51N3. The Balaban J connectivity index is 0. The molecule has 0 heterocycles. The van der Waals surface area contributed by atoms with Crippen molar-refractivity contribution in [1.29, 1.82) is 0 Å². The molecule has 0 aliphatic heterocycles. The fourth-order valence-electron chi connectivity index (χ4n) is 3.15. The predicted octanol–water partition coefficient (Wildman–Crippen LogP) is 8.51. The first-order valence-electron chi connectivity index (χ1n) is 12.7. The number of hydrogen-bond donors (Lipinski definition) is 2. The average molecular weight is 466 g/mol. The van der Waals surface area contributed by atoms with Gasteiger partial charge in [-0.2, -0.15) is 0 Å². The van der Waals surface area contributed by atoms with E-state index in [2.05, 4.69) is 59.1 Å². The Labute approximate surface area is 211 Å². The van der Waals surface area contributed by atoms with E-state index in [1.165, 1.54) is 16.7 Å². The minimum absolute atomic E-state index is 0.707. The van der Waals surface area contributed by atoms with Gasteiger partial charge in [0.1, 0.15) is 0 Å². The van der Waals surface area contributed by atoms with E-state index < -0.39 is 0 Å². The van der Waals surface area contributed by atoms with Gasteiger partial charge in [-0.05, 0) is 50.7 Å². The molecule has 0 amide bonds. The molecule has 3 heteroatoms. The van der Waals surface area contributed by atoms with Crippen LogP contribution in [-0.2, 0) is 6.42 Å². The number of aryl methyl sites for hydroxylation is 2. The van der Waals surface area contributed by atoms with Crippen LogP contribution in [0.15, 0.2) is 72.8 Å². The molecule has 0 unspecified atom stereocenters. The van der Waals surface area contributed by atoms with Crippen molar-refractivity contribution in [3.63, 3.8) is 0 Å². The fraction of sp³-hybridized carbons (Fsp3) is 0.419. The highest BCUT2D eigenvalue weighted by molar-refractivity contribution is 5.89. The summed E-state index contributed by atoms with van der Waals surface area (Å²) in [6, 6.07) is 16.3. The summed E-state index contributed by atoms with van der Waals surface area (Å²) in [6.45, 7) is 24.1. The summed E-state index contributed by atoms with van der Waals surface area (Å²) >= 11 is 0. The summed E-state index contributed by atoms with van der Waals surface area (Å²) in [5.41, 5.74) is 15.1. The number of rotatable bonds is 8. The first-order chi connectivity index (χ1) is 16.2. The molecule has 2 rings (SSSR count). The minimum Gasteiger partial charge on any atom is -0.396 e. The second-order valence-electron chi connectivity index (χ2n) is 7.76. The lowest BCUT2D eigenvalue weighted by molar-refractivity contribution is 0.511. The molecule has 2 aromatic carbocycles. The predicted molar refractivity (Wildman–Crippen MR) is 156 cm³/mol. The Morgan fingerprint density at radius 1 is 0.853 bits per heavy atom. The van der Waals surface area contributed by atoms with E-state index in [1.54, 1.807) is 5.01 Å². The van der Waals surface area contributed by atoms with Crippen molar-refractivity contribution in [2.24, 2.45) is 11.6 Å². The molecular weight excluding hydrogens is 414 g/mol. The normalized spacial score (nSPS) is 10.2. The van der Waals surface area contributed by atoms with Gasteiger partial charge in [0.15, 0.2) is 0 Å². The molecule has 34 heavy (non-hydrogen) atoms. The molecule has 0 radical (unpaired) electrons. The van der Waals surface area contributed by atoms with Crippen LogP contribution in [0.3, 0.4) is 0 Å². The van der Waals surface area contributed by atoms with Gasteiger partial charge < -0.3 is 10.7 Å². The maximum Gasteiger partial charge on any atom is 0.0825 e. The van der Waals surface area contributed by atoms with Crippen LogP contribution < -0.4 is 11.6 Å². The van der Waals surface area contributed by atoms with Gasteiger partial charge in [0.2, 0.25) is 0 Å². The topological polar surface area (TPSA) is 55.3 Å². The third kappa shape index (κ3) is 11.9. The molecule has 0 aliphatic rings. The summed E-state index contributed by atoms with van der Waals surface area (Å²) in [5, 5.41) is 1.61. The smallest absolute Gasteiger partial charge is 0.0825 e. The maximum atomic E-state index is 6.45. The SMILES string of the molecule is C=C(C)CCC(=C)CC.CC.CC.CCc1ccccc1/C(=C(/N)c1ccccc1C)N(C)N. The number of nitrogens with two attached hydrogens (primary N) is 2. The molecule has 0 spiro atoms. The van der Waals surface area contributed by atoms with Gasteiger partial charge in [-0.1, -0.05) is 108 Å². The van der Waals surface area contributed by atoms with Crippen LogP contribution in [0.2, 0.25) is 0 Å². The summed E-state index contributed by atoms with van der Waals surface area (Å²) < 4.78 is 0. The third-order valence-corrected chi connectivity index (χ3v) is 5.10. The monoisotopic (exact) mass is 465 g/mol. The van der Waals surface area contributed by atoms with Crippen LogP contribution >= 0.6 is 0 Å². The molecule has 0 aromatic heterocycles. The van der Waals surface area contributed by atoms with Crippen molar-refractivity contribution >= 4 is 11.4 Å². The van der Waals surface area contributed by atoms with Crippen LogP contribution in [0.4, 0.5) is 0 Å². The summed E-state index contributed by atoms with van der Waals surface area (Å²) in [6.07, 6.45) is 4.26. The van der Waals surface area contributed by atoms with Gasteiger partial charge in [0.25, 0.3) is 0 Å². The third-order valence-electron chi connectivity index (χ3n) is 5.10. The second kappa shape index (κ2) is 19.7. The highest BCUT2D eigenvalue weighted by Crippen LogP contribution is 2.28. The number of hydrogen-bond acceptors (Lipinski definition) is 3. The summed E-state index contributed by atoms with van der Waals surface area (Å²) in [5.74, 6) is 6.08. The zero-order chi connectivity index (χ0) is 26.7. The largest absolute Gasteiger partial charge is 0.396 e. The molecule has 0 saturated heterocycles. The van der Waals surface area contributed by atoms with Gasteiger partial charge in [-0.3, -0.25) is 0 Å². The van der Waals surface area contributed by atoms with E-state index in [9.17, 15) is 0 Å². The second-order valence-corrected chi connectivity index (χ2v) is 7.76. The van der Waals surface area contributed by atoms with Crippen molar-refractivity contribution in [2.75, 3.05) is 7.05 Å². The van der Waals surface area contributed by atoms with E-state index in [0.29, 0.717) is 5.70 Å². The van der Waals surface area contributed by atoms with Crippen molar-refractivity contribution < 1.29 is 0 Å². The lowest BCUT2D eigenvalue weighted by Crippen LogP contribution is -2.27. The Hall–Kier alpha value is -2.78. The molecule has 190 valence electrons. The van der Waals surface area contributed by atoms with Gasteiger partial charge >= 0.3 is 0 Å². The van der Waals surface area contributed by atoms with Crippen LogP contribution in [-0.4, -0.2) is 12.1 Å². The average Bonchev–Trinajstić information content (AvgIpc) is 2.85. The van der Waals surface area contributed by atoms with E-state index in [-0.39, 0.29) is 0 Å². The number of hydrazine groups is 1. The number of allylic oxidation sites excluding steroid dienone is 2. The van der Waals surface area contributed by atoms with Gasteiger partial charge in [-0.25, -0.2) is 5.84 Å². The highest BCUT2D eigenvalue weighted by atomic mass is 15.4. The Kier molecular flexibility index (Phi) is 19.3.